The first-order valence-electron chi connectivity index (χ1n) is 6.68. The van der Waals surface area contributed by atoms with Gasteiger partial charge in [0.05, 0.1) is 6.54 Å². The molecule has 6 nitrogen and oxygen atoms in total. The molecule has 1 aromatic heterocycles. The maximum atomic E-state index is 12.0. The minimum atomic E-state index is 0.108. The quantitative estimate of drug-likeness (QED) is 0.803. The van der Waals surface area contributed by atoms with Gasteiger partial charge in [-0.25, -0.2) is 4.98 Å². The van der Waals surface area contributed by atoms with Gasteiger partial charge in [-0.2, -0.15) is 4.98 Å². The van der Waals surface area contributed by atoms with E-state index in [0.717, 1.165) is 25.5 Å². The second-order valence-corrected chi connectivity index (χ2v) is 4.19. The van der Waals surface area contributed by atoms with Crippen molar-refractivity contribution in [2.75, 3.05) is 43.4 Å². The van der Waals surface area contributed by atoms with Crippen molar-refractivity contribution in [1.82, 2.24) is 14.9 Å². The number of anilines is 2. The highest BCUT2D eigenvalue weighted by Crippen LogP contribution is 2.10. The number of rotatable bonds is 7. The Balaban J connectivity index is 2.69. The van der Waals surface area contributed by atoms with Crippen molar-refractivity contribution in [1.29, 1.82) is 0 Å². The maximum Gasteiger partial charge on any atom is 0.242 e. The van der Waals surface area contributed by atoms with Gasteiger partial charge in [0.15, 0.2) is 0 Å². The molecule has 1 N–H and O–H groups in total. The van der Waals surface area contributed by atoms with Crippen LogP contribution in [0.1, 0.15) is 20.8 Å². The first-order valence-corrected chi connectivity index (χ1v) is 6.68. The summed E-state index contributed by atoms with van der Waals surface area (Å²) in [6.45, 7) is 8.51. The van der Waals surface area contributed by atoms with Crippen LogP contribution in [0.5, 0.6) is 0 Å². The smallest absolute Gasteiger partial charge is 0.242 e. The van der Waals surface area contributed by atoms with Gasteiger partial charge < -0.3 is 15.1 Å². The van der Waals surface area contributed by atoms with Gasteiger partial charge in [0.25, 0.3) is 0 Å². The molecule has 0 aliphatic rings. The summed E-state index contributed by atoms with van der Waals surface area (Å²) in [7, 11) is 1.86. The number of carbonyl (C=O) groups is 1. The van der Waals surface area contributed by atoms with Gasteiger partial charge in [0.2, 0.25) is 11.9 Å². The number of nitrogens with zero attached hydrogens (tertiary/aromatic N) is 4. The van der Waals surface area contributed by atoms with Gasteiger partial charge in [0.1, 0.15) is 5.82 Å². The molecule has 1 aromatic rings. The van der Waals surface area contributed by atoms with Crippen LogP contribution in [0.25, 0.3) is 0 Å². The highest BCUT2D eigenvalue weighted by atomic mass is 16.2. The molecule has 0 aliphatic heterocycles. The Labute approximate surface area is 114 Å². The van der Waals surface area contributed by atoms with E-state index in [-0.39, 0.29) is 5.91 Å². The van der Waals surface area contributed by atoms with Crippen LogP contribution in [0.2, 0.25) is 0 Å². The molecule has 0 atom stereocenters. The van der Waals surface area contributed by atoms with Crippen LogP contribution in [0.15, 0.2) is 12.3 Å². The Bertz CT molecular complexity index is 406. The van der Waals surface area contributed by atoms with Crippen molar-refractivity contribution < 1.29 is 4.79 Å². The number of likely N-dealkylation sites (N-methyl/N-ethyl adjacent to an activating group) is 2. The molecule has 19 heavy (non-hydrogen) atoms. The maximum absolute atomic E-state index is 12.0. The molecule has 106 valence electrons. The average molecular weight is 265 g/mol. The number of amides is 1. The third-order valence-corrected chi connectivity index (χ3v) is 2.86. The predicted octanol–water partition coefficient (Wildman–Crippen LogP) is 1.21. The van der Waals surface area contributed by atoms with Crippen LogP contribution in [0.3, 0.4) is 0 Å². The van der Waals surface area contributed by atoms with Crippen molar-refractivity contribution in [2.45, 2.75) is 20.8 Å². The van der Waals surface area contributed by atoms with Crippen LogP contribution in [0.4, 0.5) is 11.8 Å². The molecule has 6 heteroatoms. The van der Waals surface area contributed by atoms with E-state index in [1.165, 1.54) is 0 Å². The first-order chi connectivity index (χ1) is 9.12. The van der Waals surface area contributed by atoms with Crippen molar-refractivity contribution >= 4 is 17.7 Å². The molecule has 0 spiro atoms. The summed E-state index contributed by atoms with van der Waals surface area (Å²) in [4.78, 5) is 24.1. The number of aromatic nitrogens is 2. The summed E-state index contributed by atoms with van der Waals surface area (Å²) in [5.74, 6) is 1.43. The molecular formula is C13H23N5O. The third kappa shape index (κ3) is 4.39. The Kier molecular flexibility index (Phi) is 6.05. The van der Waals surface area contributed by atoms with Crippen molar-refractivity contribution in [3.63, 3.8) is 0 Å². The number of nitrogens with one attached hydrogen (secondary N) is 1. The molecule has 0 fully saturated rings. The fourth-order valence-corrected chi connectivity index (χ4v) is 1.77. The molecule has 1 amide bonds. The lowest BCUT2D eigenvalue weighted by Crippen LogP contribution is -2.39. The van der Waals surface area contributed by atoms with Crippen LogP contribution < -0.4 is 10.2 Å². The molecule has 0 aromatic carbocycles. The summed E-state index contributed by atoms with van der Waals surface area (Å²) in [6, 6.07) is 1.80. The third-order valence-electron chi connectivity index (χ3n) is 2.86. The number of carbonyl (C=O) groups excluding carboxylic acids is 1. The monoisotopic (exact) mass is 265 g/mol. The summed E-state index contributed by atoms with van der Waals surface area (Å²) in [5, 5.41) is 3.06. The van der Waals surface area contributed by atoms with E-state index >= 15 is 0 Å². The predicted molar refractivity (Wildman–Crippen MR) is 77.4 cm³/mol. The normalized spacial score (nSPS) is 10.1. The van der Waals surface area contributed by atoms with E-state index in [2.05, 4.69) is 15.3 Å². The second kappa shape index (κ2) is 7.56. The standard InChI is InChI=1S/C13H23N5O/c1-5-14-13-15-9-8-11(16-13)17(4)10-12(19)18(6-2)7-3/h8-9H,5-7,10H2,1-4H3,(H,14,15,16). The van der Waals surface area contributed by atoms with Gasteiger partial charge in [-0.1, -0.05) is 0 Å². The van der Waals surface area contributed by atoms with E-state index in [1.54, 1.807) is 12.3 Å². The van der Waals surface area contributed by atoms with Gasteiger partial charge in [-0.15, -0.1) is 0 Å². The van der Waals surface area contributed by atoms with Gasteiger partial charge in [-0.3, -0.25) is 4.79 Å². The van der Waals surface area contributed by atoms with Crippen LogP contribution in [-0.2, 0) is 4.79 Å². The largest absolute Gasteiger partial charge is 0.354 e. The molecular weight excluding hydrogens is 242 g/mol. The summed E-state index contributed by atoms with van der Waals surface area (Å²) < 4.78 is 0. The molecule has 1 heterocycles. The highest BCUT2D eigenvalue weighted by Gasteiger charge is 2.13. The fraction of sp³-hybridized carbons (Fsp3) is 0.615. The highest BCUT2D eigenvalue weighted by molar-refractivity contribution is 5.81. The van der Waals surface area contributed by atoms with E-state index in [1.807, 2.05) is 37.6 Å². The zero-order chi connectivity index (χ0) is 14.3. The Hall–Kier alpha value is -1.85. The van der Waals surface area contributed by atoms with Crippen molar-refractivity contribution in [3.05, 3.63) is 12.3 Å². The Morgan fingerprint density at radius 2 is 2.00 bits per heavy atom. The molecule has 1 rings (SSSR count). The summed E-state index contributed by atoms with van der Waals surface area (Å²) >= 11 is 0. The van der Waals surface area contributed by atoms with E-state index in [4.69, 9.17) is 0 Å². The lowest BCUT2D eigenvalue weighted by atomic mass is 10.4. The van der Waals surface area contributed by atoms with Crippen LogP contribution in [-0.4, -0.2) is 54.0 Å². The van der Waals surface area contributed by atoms with Crippen LogP contribution in [0, 0.1) is 0 Å². The minimum Gasteiger partial charge on any atom is -0.354 e. The molecule has 0 aliphatic carbocycles. The fourth-order valence-electron chi connectivity index (χ4n) is 1.77. The van der Waals surface area contributed by atoms with E-state index in [0.29, 0.717) is 12.5 Å². The molecule has 0 saturated heterocycles. The van der Waals surface area contributed by atoms with E-state index < -0.39 is 0 Å². The molecule has 0 saturated carbocycles. The molecule has 0 bridgehead atoms. The second-order valence-electron chi connectivity index (χ2n) is 4.19. The average Bonchev–Trinajstić information content (AvgIpc) is 2.40. The Morgan fingerprint density at radius 1 is 1.32 bits per heavy atom. The van der Waals surface area contributed by atoms with Crippen molar-refractivity contribution in [2.24, 2.45) is 0 Å². The summed E-state index contributed by atoms with van der Waals surface area (Å²) in [5.41, 5.74) is 0. The summed E-state index contributed by atoms with van der Waals surface area (Å²) in [6.07, 6.45) is 1.69. The van der Waals surface area contributed by atoms with E-state index in [9.17, 15) is 4.79 Å². The molecule has 0 radical (unpaired) electrons. The van der Waals surface area contributed by atoms with Crippen LogP contribution >= 0.6 is 0 Å². The lowest BCUT2D eigenvalue weighted by molar-refractivity contribution is -0.129. The topological polar surface area (TPSA) is 61.4 Å². The van der Waals surface area contributed by atoms with Crippen molar-refractivity contribution in [3.8, 4) is 0 Å². The Morgan fingerprint density at radius 3 is 2.58 bits per heavy atom. The SMILES string of the molecule is CCNc1nccc(N(C)CC(=O)N(CC)CC)n1. The lowest BCUT2D eigenvalue weighted by Gasteiger charge is -2.23. The first kappa shape index (κ1) is 15.2. The molecule has 0 unspecified atom stereocenters. The minimum absolute atomic E-state index is 0.108. The zero-order valence-electron chi connectivity index (χ0n) is 12.2. The van der Waals surface area contributed by atoms with Gasteiger partial charge in [0, 0.05) is 32.9 Å². The zero-order valence-corrected chi connectivity index (χ0v) is 12.2. The van der Waals surface area contributed by atoms with Gasteiger partial charge in [-0.05, 0) is 26.8 Å². The van der Waals surface area contributed by atoms with Gasteiger partial charge >= 0.3 is 0 Å². The number of hydrogen-bond acceptors (Lipinski definition) is 5. The number of hydrogen-bond donors (Lipinski definition) is 1.